The Morgan fingerprint density at radius 1 is 1.00 bits per heavy atom. The van der Waals surface area contributed by atoms with E-state index in [0.717, 1.165) is 0 Å². The fraction of sp³-hybridized carbons (Fsp3) is 0. The molecule has 0 aromatic rings. The Morgan fingerprint density at radius 2 is 1.00 bits per heavy atom. The van der Waals surface area contributed by atoms with Gasteiger partial charge in [-0.25, -0.2) is 0 Å². The molecule has 0 aromatic carbocycles. The summed E-state index contributed by atoms with van der Waals surface area (Å²) < 4.78 is 0. The summed E-state index contributed by atoms with van der Waals surface area (Å²) in [6, 6.07) is 0. The molecule has 0 heterocycles. The van der Waals surface area contributed by atoms with E-state index in [2.05, 4.69) is 0 Å². The SMILES string of the molecule is [CH3-].[W]=[W].[W]=[W]=[W]. The average molecular weight is 934 g/mol. The van der Waals surface area contributed by atoms with Crippen molar-refractivity contribution < 1.29 is 76.3 Å². The van der Waals surface area contributed by atoms with Crippen LogP contribution in [0.4, 0.5) is 0 Å². The Balaban J connectivity index is -0.0000000275. The molecule has 0 aliphatic rings. The summed E-state index contributed by atoms with van der Waals surface area (Å²) in [7, 11) is 0. The average Bonchev–Trinajstić information content (AvgIpc) is 1.46. The first-order chi connectivity index (χ1) is 2.41. The van der Waals surface area contributed by atoms with E-state index in [4.69, 9.17) is 0 Å². The van der Waals surface area contributed by atoms with Crippen LogP contribution in [-0.2, 0) is 76.3 Å². The normalized spacial score (nSPS) is 2.67. The van der Waals surface area contributed by atoms with Crippen molar-refractivity contribution in [3.63, 3.8) is 0 Å². The number of hydrogen-bond acceptors (Lipinski definition) is 0. The predicted octanol–water partition coefficient (Wildman–Crippen LogP) is 0.438. The molecule has 0 saturated heterocycles. The molecule has 0 N–H and O–H groups in total. The van der Waals surface area contributed by atoms with Crippen molar-refractivity contribution in [2.45, 2.75) is 0 Å². The van der Waals surface area contributed by atoms with Gasteiger partial charge in [-0.05, 0) is 0 Å². The molecular weight excluding hydrogens is 931 g/mol. The van der Waals surface area contributed by atoms with Crippen LogP contribution in [0.2, 0.25) is 0 Å². The molecule has 0 spiro atoms. The van der Waals surface area contributed by atoms with Crippen LogP contribution >= 0.6 is 0 Å². The summed E-state index contributed by atoms with van der Waals surface area (Å²) in [6.07, 6.45) is 0. The molecule has 0 saturated carbocycles. The van der Waals surface area contributed by atoms with Crippen LogP contribution in [0, 0.1) is 7.43 Å². The fourth-order valence-electron chi connectivity index (χ4n) is 0. The Hall–Kier alpha value is 3.44. The molecule has 0 unspecified atom stereocenters. The maximum absolute atomic E-state index is 1.87. The Labute approximate surface area is 81.6 Å². The van der Waals surface area contributed by atoms with E-state index in [1.165, 1.54) is 0 Å². The van der Waals surface area contributed by atoms with Crippen molar-refractivity contribution >= 4 is 0 Å². The zero-order valence-electron chi connectivity index (χ0n) is 3.04. The van der Waals surface area contributed by atoms with Crippen molar-refractivity contribution in [3.8, 4) is 0 Å². The standard InChI is InChI=1S/CH3.5W/h1H3;;;;;/q-1;;;;;. The first kappa shape index (κ1) is 16.2. The summed E-state index contributed by atoms with van der Waals surface area (Å²) in [5.74, 6) is 0. The van der Waals surface area contributed by atoms with E-state index in [0.29, 0.717) is 11.4 Å². The summed E-state index contributed by atoms with van der Waals surface area (Å²) in [5, 5.41) is 0. The molecule has 38 valence electrons. The van der Waals surface area contributed by atoms with Crippen LogP contribution in [0.5, 0.6) is 0 Å². The molecule has 0 fully saturated rings. The molecule has 0 atom stereocenters. The van der Waals surface area contributed by atoms with Crippen molar-refractivity contribution in [1.29, 1.82) is 0 Å². The van der Waals surface area contributed by atoms with Crippen LogP contribution in [-0.4, -0.2) is 0 Å². The molecule has 0 aliphatic carbocycles. The zero-order valence-corrected chi connectivity index (χ0v) is 17.7. The first-order valence-corrected chi connectivity index (χ1v) is 33.5. The van der Waals surface area contributed by atoms with Gasteiger partial charge in [-0.15, -0.1) is 0 Å². The van der Waals surface area contributed by atoms with Crippen molar-refractivity contribution in [3.05, 3.63) is 7.43 Å². The minimum atomic E-state index is 0. The van der Waals surface area contributed by atoms with Crippen molar-refractivity contribution in [1.82, 2.24) is 0 Å². The Kier molecular flexibility index (Phi) is 64.0. The predicted molar refractivity (Wildman–Crippen MR) is 6.41 cm³/mol. The molecule has 0 rings (SSSR count). The van der Waals surface area contributed by atoms with E-state index in [-0.39, 0.29) is 7.43 Å². The summed E-state index contributed by atoms with van der Waals surface area (Å²) >= 11 is 7.50. The first-order valence-electron chi connectivity index (χ1n) is 0.500. The second-order valence-corrected chi connectivity index (χ2v) is 37.3. The molecule has 0 radical (unpaired) electrons. The van der Waals surface area contributed by atoms with Gasteiger partial charge in [-0.3, -0.25) is 0 Å². The second kappa shape index (κ2) is 23.7. The summed E-state index contributed by atoms with van der Waals surface area (Å²) in [4.78, 5) is 0. The molecule has 0 aromatic heterocycles. The third kappa shape index (κ3) is 26.1. The van der Waals surface area contributed by atoms with Crippen LogP contribution in [0.3, 0.4) is 0 Å². The van der Waals surface area contributed by atoms with Gasteiger partial charge in [0, 0.05) is 0 Å². The summed E-state index contributed by atoms with van der Waals surface area (Å²) in [5.41, 5.74) is 0. The van der Waals surface area contributed by atoms with Gasteiger partial charge in [0.2, 0.25) is 0 Å². The van der Waals surface area contributed by atoms with Gasteiger partial charge < -0.3 is 7.43 Å². The van der Waals surface area contributed by atoms with E-state index >= 15 is 0 Å². The summed E-state index contributed by atoms with van der Waals surface area (Å²) in [6.45, 7) is 0. The van der Waals surface area contributed by atoms with Gasteiger partial charge in [0.05, 0.1) is 0 Å². The maximum atomic E-state index is 1.87. The van der Waals surface area contributed by atoms with Gasteiger partial charge in [-0.1, -0.05) is 0 Å². The molecule has 0 amide bonds. The Morgan fingerprint density at radius 3 is 1.00 bits per heavy atom. The van der Waals surface area contributed by atoms with E-state index < -0.39 is 0 Å². The van der Waals surface area contributed by atoms with Gasteiger partial charge in [0.1, 0.15) is 0 Å². The molecular formula is CH3W5-. The van der Waals surface area contributed by atoms with Crippen molar-refractivity contribution in [2.75, 3.05) is 0 Å². The van der Waals surface area contributed by atoms with E-state index in [1.807, 2.05) is 32.4 Å². The monoisotopic (exact) mass is 935 g/mol. The molecule has 0 bridgehead atoms. The molecule has 6 heavy (non-hydrogen) atoms. The van der Waals surface area contributed by atoms with Gasteiger partial charge in [0.25, 0.3) is 0 Å². The minimum absolute atomic E-state index is 0. The quantitative estimate of drug-likeness (QED) is 0.310. The number of rotatable bonds is 0. The van der Waals surface area contributed by atoms with E-state index in [1.54, 1.807) is 32.4 Å². The number of hydrogen-bond donors (Lipinski definition) is 0. The zero-order chi connectivity index (χ0) is 4.71. The van der Waals surface area contributed by atoms with Gasteiger partial charge >= 0.3 is 76.3 Å². The van der Waals surface area contributed by atoms with Crippen LogP contribution in [0.1, 0.15) is 0 Å². The Bertz CT molecular complexity index is 33.2. The second-order valence-electron chi connectivity index (χ2n) is 0.0680. The van der Waals surface area contributed by atoms with Crippen LogP contribution in [0.15, 0.2) is 0 Å². The molecule has 0 nitrogen and oxygen atoms in total. The fourth-order valence-corrected chi connectivity index (χ4v) is 0. The molecule has 5 heteroatoms. The molecule has 0 aliphatic heterocycles. The van der Waals surface area contributed by atoms with Gasteiger partial charge in [0.15, 0.2) is 0 Å². The van der Waals surface area contributed by atoms with Crippen LogP contribution < -0.4 is 0 Å². The van der Waals surface area contributed by atoms with E-state index in [9.17, 15) is 0 Å². The topological polar surface area (TPSA) is 0 Å². The van der Waals surface area contributed by atoms with Crippen molar-refractivity contribution in [2.24, 2.45) is 0 Å². The third-order valence-corrected chi connectivity index (χ3v) is 0. The van der Waals surface area contributed by atoms with Gasteiger partial charge in [-0.2, -0.15) is 0 Å². The third-order valence-electron chi connectivity index (χ3n) is 0. The van der Waals surface area contributed by atoms with Crippen LogP contribution in [0.25, 0.3) is 0 Å².